The molecule has 6 heteroatoms. The van der Waals surface area contributed by atoms with Crippen LogP contribution < -0.4 is 9.47 Å². The van der Waals surface area contributed by atoms with Crippen molar-refractivity contribution in [2.45, 2.75) is 0 Å². The van der Waals surface area contributed by atoms with Crippen molar-refractivity contribution in [3.63, 3.8) is 0 Å². The lowest BCUT2D eigenvalue weighted by atomic mass is 9.99. The van der Waals surface area contributed by atoms with Gasteiger partial charge in [-0.05, 0) is 25.2 Å². The molecule has 0 saturated carbocycles. The lowest BCUT2D eigenvalue weighted by Gasteiger charge is -2.37. The van der Waals surface area contributed by atoms with E-state index in [1.54, 1.807) is 25.2 Å². The van der Waals surface area contributed by atoms with Gasteiger partial charge in [-0.25, -0.2) is 0 Å². The largest absolute Gasteiger partial charge is 0.454 e. The summed E-state index contributed by atoms with van der Waals surface area (Å²) in [7, 11) is 3.65. The second kappa shape index (κ2) is 5.37. The van der Waals surface area contributed by atoms with E-state index in [1.807, 2.05) is 7.05 Å². The second-order valence-electron chi connectivity index (χ2n) is 5.60. The lowest BCUT2D eigenvalue weighted by Crippen LogP contribution is -2.52. The predicted molar refractivity (Wildman–Crippen MR) is 75.5 cm³/mol. The molecule has 0 atom stereocenters. The first kappa shape index (κ1) is 13.9. The van der Waals surface area contributed by atoms with Crippen LogP contribution in [0.5, 0.6) is 11.5 Å². The number of rotatable bonds is 4. The number of hydrogen-bond donors (Lipinski definition) is 0. The Balaban J connectivity index is 1.62. The quantitative estimate of drug-likeness (QED) is 0.761. The Morgan fingerprint density at radius 1 is 1.29 bits per heavy atom. The van der Waals surface area contributed by atoms with Gasteiger partial charge >= 0.3 is 0 Å². The standard InChI is InChI=1S/C15H18N2O4/c1-16-6-11(7-16)15(19)17(2)8-12(18)10-3-4-13-14(5-10)21-9-20-13/h3-5,11H,6-9H2,1-2H3. The zero-order chi connectivity index (χ0) is 15.0. The summed E-state index contributed by atoms with van der Waals surface area (Å²) in [5, 5.41) is 0. The summed E-state index contributed by atoms with van der Waals surface area (Å²) in [6, 6.07) is 5.09. The molecule has 0 aliphatic carbocycles. The minimum Gasteiger partial charge on any atom is -0.454 e. The van der Waals surface area contributed by atoms with E-state index in [4.69, 9.17) is 9.47 Å². The average Bonchev–Trinajstić information content (AvgIpc) is 2.90. The van der Waals surface area contributed by atoms with Gasteiger partial charge in [0.2, 0.25) is 12.7 Å². The number of benzene rings is 1. The van der Waals surface area contributed by atoms with Crippen LogP contribution in [0, 0.1) is 5.92 Å². The zero-order valence-electron chi connectivity index (χ0n) is 12.2. The van der Waals surface area contributed by atoms with E-state index in [0.717, 1.165) is 13.1 Å². The number of carbonyl (C=O) groups excluding carboxylic acids is 2. The molecule has 0 bridgehead atoms. The number of nitrogens with zero attached hydrogens (tertiary/aromatic N) is 2. The third-order valence-electron chi connectivity index (χ3n) is 3.86. The normalized spacial score (nSPS) is 17.4. The van der Waals surface area contributed by atoms with Gasteiger partial charge in [0, 0.05) is 25.7 Å². The van der Waals surface area contributed by atoms with E-state index in [2.05, 4.69) is 4.90 Å². The first-order valence-electron chi connectivity index (χ1n) is 6.91. The highest BCUT2D eigenvalue weighted by Crippen LogP contribution is 2.32. The summed E-state index contributed by atoms with van der Waals surface area (Å²) in [5.74, 6) is 1.17. The molecule has 0 unspecified atom stereocenters. The molecule has 112 valence electrons. The lowest BCUT2D eigenvalue weighted by molar-refractivity contribution is -0.138. The Hall–Kier alpha value is -2.08. The van der Waals surface area contributed by atoms with Crippen LogP contribution in [-0.4, -0.2) is 62.0 Å². The van der Waals surface area contributed by atoms with Crippen LogP contribution in [0.3, 0.4) is 0 Å². The Morgan fingerprint density at radius 3 is 2.71 bits per heavy atom. The fourth-order valence-electron chi connectivity index (χ4n) is 2.62. The molecule has 3 rings (SSSR count). The van der Waals surface area contributed by atoms with E-state index >= 15 is 0 Å². The van der Waals surface area contributed by atoms with Gasteiger partial charge in [0.1, 0.15) is 0 Å². The molecule has 0 N–H and O–H groups in total. The van der Waals surface area contributed by atoms with Crippen LogP contribution in [-0.2, 0) is 4.79 Å². The number of likely N-dealkylation sites (tertiary alicyclic amines) is 1. The molecule has 21 heavy (non-hydrogen) atoms. The van der Waals surface area contributed by atoms with Crippen LogP contribution in [0.15, 0.2) is 18.2 Å². The van der Waals surface area contributed by atoms with Gasteiger partial charge in [-0.1, -0.05) is 0 Å². The van der Waals surface area contributed by atoms with E-state index in [9.17, 15) is 9.59 Å². The predicted octanol–water partition coefficient (Wildman–Crippen LogP) is 0.618. The van der Waals surface area contributed by atoms with Gasteiger partial charge in [0.15, 0.2) is 17.3 Å². The molecule has 1 saturated heterocycles. The van der Waals surface area contributed by atoms with E-state index in [0.29, 0.717) is 17.1 Å². The summed E-state index contributed by atoms with van der Waals surface area (Å²) in [6.07, 6.45) is 0. The number of hydrogen-bond acceptors (Lipinski definition) is 5. The highest BCUT2D eigenvalue weighted by atomic mass is 16.7. The van der Waals surface area contributed by atoms with Gasteiger partial charge in [-0.15, -0.1) is 0 Å². The van der Waals surface area contributed by atoms with Gasteiger partial charge in [0.25, 0.3) is 0 Å². The molecule has 0 radical (unpaired) electrons. The topological polar surface area (TPSA) is 59.1 Å². The molecule has 1 aromatic carbocycles. The SMILES string of the molecule is CN1CC(C(=O)N(C)CC(=O)c2ccc3c(c2)OCO3)C1. The van der Waals surface area contributed by atoms with Crippen molar-refractivity contribution >= 4 is 11.7 Å². The van der Waals surface area contributed by atoms with Crippen LogP contribution >= 0.6 is 0 Å². The molecular weight excluding hydrogens is 272 g/mol. The fraction of sp³-hybridized carbons (Fsp3) is 0.467. The average molecular weight is 290 g/mol. The molecule has 1 aromatic rings. The number of ether oxygens (including phenoxy) is 2. The molecule has 1 amide bonds. The number of fused-ring (bicyclic) bond motifs is 1. The van der Waals surface area contributed by atoms with Gasteiger partial charge in [0.05, 0.1) is 12.5 Å². The monoisotopic (exact) mass is 290 g/mol. The molecule has 2 aliphatic rings. The van der Waals surface area contributed by atoms with Crippen molar-refractivity contribution in [1.29, 1.82) is 0 Å². The Bertz CT molecular complexity index is 581. The van der Waals surface area contributed by atoms with Crippen LogP contribution in [0.2, 0.25) is 0 Å². The van der Waals surface area contributed by atoms with E-state index in [1.165, 1.54) is 4.90 Å². The number of Topliss-reactive ketones (excluding diaryl/α,β-unsaturated/α-hetero) is 1. The number of amides is 1. The van der Waals surface area contributed by atoms with E-state index in [-0.39, 0.29) is 30.9 Å². The number of ketones is 1. The first-order valence-corrected chi connectivity index (χ1v) is 6.91. The maximum atomic E-state index is 12.3. The highest BCUT2D eigenvalue weighted by Gasteiger charge is 2.32. The maximum absolute atomic E-state index is 12.3. The molecule has 1 fully saturated rings. The highest BCUT2D eigenvalue weighted by molar-refractivity contribution is 6.00. The van der Waals surface area contributed by atoms with Crippen molar-refractivity contribution in [3.05, 3.63) is 23.8 Å². The van der Waals surface area contributed by atoms with Crippen molar-refractivity contribution in [3.8, 4) is 11.5 Å². The van der Waals surface area contributed by atoms with Gasteiger partial charge in [-0.2, -0.15) is 0 Å². The zero-order valence-corrected chi connectivity index (χ0v) is 12.2. The smallest absolute Gasteiger partial charge is 0.231 e. The van der Waals surface area contributed by atoms with Crippen molar-refractivity contribution < 1.29 is 19.1 Å². The molecule has 2 heterocycles. The van der Waals surface area contributed by atoms with Gasteiger partial charge < -0.3 is 19.3 Å². The third kappa shape index (κ3) is 2.71. The number of carbonyl (C=O) groups is 2. The van der Waals surface area contributed by atoms with Crippen molar-refractivity contribution in [2.24, 2.45) is 5.92 Å². The summed E-state index contributed by atoms with van der Waals surface area (Å²) < 4.78 is 10.5. The molecule has 6 nitrogen and oxygen atoms in total. The second-order valence-corrected chi connectivity index (χ2v) is 5.60. The minimum atomic E-state index is -0.100. The molecular formula is C15H18N2O4. The Labute approximate surface area is 123 Å². The molecule has 0 spiro atoms. The van der Waals surface area contributed by atoms with Crippen LogP contribution in [0.25, 0.3) is 0 Å². The minimum absolute atomic E-state index is 0.0181. The van der Waals surface area contributed by atoms with Crippen LogP contribution in [0.1, 0.15) is 10.4 Å². The summed E-state index contributed by atoms with van der Waals surface area (Å²) >= 11 is 0. The first-order chi connectivity index (χ1) is 10.0. The summed E-state index contributed by atoms with van der Waals surface area (Å²) in [6.45, 7) is 1.79. The third-order valence-corrected chi connectivity index (χ3v) is 3.86. The summed E-state index contributed by atoms with van der Waals surface area (Å²) in [4.78, 5) is 28.0. The fourth-order valence-corrected chi connectivity index (χ4v) is 2.62. The summed E-state index contributed by atoms with van der Waals surface area (Å²) in [5.41, 5.74) is 0.532. The Morgan fingerprint density at radius 2 is 2.00 bits per heavy atom. The Kier molecular flexibility index (Phi) is 3.55. The molecule has 0 aromatic heterocycles. The van der Waals surface area contributed by atoms with Crippen molar-refractivity contribution in [1.82, 2.24) is 9.80 Å². The molecule has 2 aliphatic heterocycles. The van der Waals surface area contributed by atoms with Crippen molar-refractivity contribution in [2.75, 3.05) is 40.5 Å². The van der Waals surface area contributed by atoms with E-state index < -0.39 is 0 Å². The van der Waals surface area contributed by atoms with Gasteiger partial charge in [-0.3, -0.25) is 9.59 Å². The maximum Gasteiger partial charge on any atom is 0.231 e. The van der Waals surface area contributed by atoms with Crippen LogP contribution in [0.4, 0.5) is 0 Å². The number of likely N-dealkylation sites (N-methyl/N-ethyl adjacent to an activating group) is 1.